The molecule has 1 fully saturated rings. The number of nitrogens with zero attached hydrogens (tertiary/aromatic N) is 7. The van der Waals surface area contributed by atoms with E-state index in [0.29, 0.717) is 18.0 Å². The number of thiazole rings is 1. The van der Waals surface area contributed by atoms with Gasteiger partial charge < -0.3 is 14.6 Å². The van der Waals surface area contributed by atoms with Crippen LogP contribution >= 0.6 is 11.3 Å². The zero-order valence-corrected chi connectivity index (χ0v) is 23.4. The summed E-state index contributed by atoms with van der Waals surface area (Å²) in [6.45, 7) is 11.8. The number of H-pyrrole nitrogens is 1. The molecule has 0 radical (unpaired) electrons. The fourth-order valence-electron chi connectivity index (χ4n) is 5.17. The Morgan fingerprint density at radius 2 is 1.87 bits per heavy atom. The first-order valence-electron chi connectivity index (χ1n) is 13.2. The molecule has 0 spiro atoms. The minimum absolute atomic E-state index is 0.145. The van der Waals surface area contributed by atoms with Crippen LogP contribution in [0.4, 0.5) is 5.13 Å². The minimum Gasteiger partial charge on any atom is -0.494 e. The third kappa shape index (κ3) is 4.87. The average Bonchev–Trinajstić information content (AvgIpc) is 3.58. The van der Waals surface area contributed by atoms with Crippen molar-refractivity contribution in [1.82, 2.24) is 35.1 Å². The standard InChI is InChI=1S/C28H32N8O2S/c1-5-38-19-10-11-21-18(16-19)17-20(26(37)29-21)24(25-31-32-33-36(25)28(2,3)4)34-12-14-35(15-13-34)27-30-22-8-6-7-9-23(22)39-27/h6-11,16-17,24H,5,12-15H2,1-4H3,(H,29,37). The molecule has 2 aromatic carbocycles. The van der Waals surface area contributed by atoms with Crippen molar-refractivity contribution >= 4 is 37.6 Å². The van der Waals surface area contributed by atoms with Crippen molar-refractivity contribution in [2.75, 3.05) is 37.7 Å². The SMILES string of the molecule is CCOc1ccc2[nH]c(=O)c(C(c3nnnn3C(C)(C)C)N3CCN(c4nc5ccccc5s4)CC3)cc2c1. The maximum atomic E-state index is 13.6. The molecule has 1 unspecified atom stereocenters. The van der Waals surface area contributed by atoms with E-state index in [2.05, 4.69) is 63.2 Å². The van der Waals surface area contributed by atoms with Gasteiger partial charge in [-0.25, -0.2) is 9.67 Å². The highest BCUT2D eigenvalue weighted by atomic mass is 32.1. The van der Waals surface area contributed by atoms with Crippen LogP contribution in [0.3, 0.4) is 0 Å². The third-order valence-corrected chi connectivity index (χ3v) is 8.15. The lowest BCUT2D eigenvalue weighted by atomic mass is 10.0. The molecule has 0 bridgehead atoms. The van der Waals surface area contributed by atoms with E-state index in [-0.39, 0.29) is 11.1 Å². The first kappa shape index (κ1) is 25.4. The molecule has 0 amide bonds. The van der Waals surface area contributed by atoms with Crippen LogP contribution in [0.2, 0.25) is 0 Å². The summed E-state index contributed by atoms with van der Waals surface area (Å²) in [6.07, 6.45) is 0. The first-order chi connectivity index (χ1) is 18.8. The summed E-state index contributed by atoms with van der Waals surface area (Å²) in [5.74, 6) is 1.42. The molecule has 0 saturated carbocycles. The summed E-state index contributed by atoms with van der Waals surface area (Å²) >= 11 is 1.72. The number of tetrazole rings is 1. The average molecular weight is 545 g/mol. The van der Waals surface area contributed by atoms with Crippen LogP contribution < -0.4 is 15.2 Å². The second-order valence-corrected chi connectivity index (χ2v) is 11.8. The van der Waals surface area contributed by atoms with Gasteiger partial charge in [0.25, 0.3) is 5.56 Å². The third-order valence-electron chi connectivity index (χ3n) is 7.06. The Morgan fingerprint density at radius 1 is 1.08 bits per heavy atom. The first-order valence-corrected chi connectivity index (χ1v) is 14.1. The number of pyridine rings is 1. The van der Waals surface area contributed by atoms with Crippen LogP contribution in [-0.2, 0) is 5.54 Å². The lowest BCUT2D eigenvalue weighted by Crippen LogP contribution is -2.49. The quantitative estimate of drug-likeness (QED) is 0.339. The van der Waals surface area contributed by atoms with Crippen LogP contribution in [0.5, 0.6) is 5.75 Å². The highest BCUT2D eigenvalue weighted by molar-refractivity contribution is 7.22. The highest BCUT2D eigenvalue weighted by Crippen LogP contribution is 2.33. The van der Waals surface area contributed by atoms with E-state index in [0.717, 1.165) is 53.5 Å². The Hall–Kier alpha value is -3.83. The fraction of sp³-hybridized carbons (Fsp3) is 0.393. The number of aromatic amines is 1. The number of nitrogens with one attached hydrogen (secondary N) is 1. The molecule has 0 aliphatic carbocycles. The smallest absolute Gasteiger partial charge is 0.253 e. The molecule has 4 heterocycles. The Labute approximate surface area is 230 Å². The topological polar surface area (TPSA) is 105 Å². The Morgan fingerprint density at radius 3 is 2.62 bits per heavy atom. The molecule has 10 nitrogen and oxygen atoms in total. The number of hydrogen-bond acceptors (Lipinski definition) is 9. The maximum absolute atomic E-state index is 13.6. The van der Waals surface area contributed by atoms with Crippen LogP contribution in [0.15, 0.2) is 53.3 Å². The van der Waals surface area contributed by atoms with Crippen molar-refractivity contribution < 1.29 is 4.74 Å². The number of benzene rings is 2. The minimum atomic E-state index is -0.416. The van der Waals surface area contributed by atoms with E-state index < -0.39 is 6.04 Å². The van der Waals surface area contributed by atoms with Gasteiger partial charge in [0, 0.05) is 42.6 Å². The number of ether oxygens (including phenoxy) is 1. The van der Waals surface area contributed by atoms with Gasteiger partial charge in [0.05, 0.1) is 22.4 Å². The van der Waals surface area contributed by atoms with E-state index in [4.69, 9.17) is 9.72 Å². The van der Waals surface area contributed by atoms with Gasteiger partial charge in [-0.2, -0.15) is 0 Å². The molecule has 5 aromatic rings. The van der Waals surface area contributed by atoms with Crippen LogP contribution in [0.25, 0.3) is 21.1 Å². The molecule has 1 saturated heterocycles. The summed E-state index contributed by atoms with van der Waals surface area (Å²) in [5, 5.41) is 14.8. The molecule has 11 heteroatoms. The van der Waals surface area contributed by atoms with E-state index in [9.17, 15) is 4.79 Å². The zero-order valence-electron chi connectivity index (χ0n) is 22.6. The molecule has 1 N–H and O–H groups in total. The number of hydrogen-bond donors (Lipinski definition) is 1. The van der Waals surface area contributed by atoms with Gasteiger partial charge in [-0.3, -0.25) is 9.69 Å². The van der Waals surface area contributed by atoms with E-state index >= 15 is 0 Å². The predicted octanol–water partition coefficient (Wildman–Crippen LogP) is 4.19. The molecule has 39 heavy (non-hydrogen) atoms. The van der Waals surface area contributed by atoms with Gasteiger partial charge in [-0.15, -0.1) is 5.10 Å². The molecule has 1 aliphatic rings. The molecule has 1 atom stereocenters. The molecular weight excluding hydrogens is 512 g/mol. The van der Waals surface area contributed by atoms with Crippen molar-refractivity contribution in [1.29, 1.82) is 0 Å². The van der Waals surface area contributed by atoms with E-state index in [1.54, 1.807) is 11.3 Å². The number of rotatable bonds is 6. The lowest BCUT2D eigenvalue weighted by Gasteiger charge is -2.39. The van der Waals surface area contributed by atoms with Crippen molar-refractivity contribution in [3.63, 3.8) is 0 Å². The Balaban J connectivity index is 1.38. The molecule has 1 aliphatic heterocycles. The summed E-state index contributed by atoms with van der Waals surface area (Å²) in [5.41, 5.74) is 1.91. The molecule has 6 rings (SSSR count). The lowest BCUT2D eigenvalue weighted by molar-refractivity contribution is 0.190. The van der Waals surface area contributed by atoms with Crippen molar-refractivity contribution in [2.24, 2.45) is 0 Å². The fourth-order valence-corrected chi connectivity index (χ4v) is 6.19. The van der Waals surface area contributed by atoms with Crippen LogP contribution in [0.1, 0.15) is 45.1 Å². The zero-order chi connectivity index (χ0) is 27.1. The summed E-state index contributed by atoms with van der Waals surface area (Å²) in [4.78, 5) is 26.1. The molecular formula is C28H32N8O2S. The monoisotopic (exact) mass is 544 g/mol. The summed E-state index contributed by atoms with van der Waals surface area (Å²) in [6, 6.07) is 15.5. The number of fused-ring (bicyclic) bond motifs is 2. The van der Waals surface area contributed by atoms with Gasteiger partial charge in [-0.05, 0) is 74.5 Å². The van der Waals surface area contributed by atoms with E-state index in [1.165, 1.54) is 4.70 Å². The number of anilines is 1. The van der Waals surface area contributed by atoms with Crippen LogP contribution in [0, 0.1) is 0 Å². The van der Waals surface area contributed by atoms with Crippen LogP contribution in [-0.4, -0.2) is 67.9 Å². The molecule has 3 aromatic heterocycles. The maximum Gasteiger partial charge on any atom is 0.253 e. The number of piperazine rings is 1. The predicted molar refractivity (Wildman–Crippen MR) is 154 cm³/mol. The normalized spacial score (nSPS) is 15.7. The number of para-hydroxylation sites is 1. The van der Waals surface area contributed by atoms with Gasteiger partial charge in [0.2, 0.25) is 0 Å². The largest absolute Gasteiger partial charge is 0.494 e. The summed E-state index contributed by atoms with van der Waals surface area (Å²) in [7, 11) is 0. The Kier molecular flexibility index (Phi) is 6.56. The van der Waals surface area contributed by atoms with Crippen molar-refractivity contribution in [3.8, 4) is 5.75 Å². The van der Waals surface area contributed by atoms with Crippen molar-refractivity contribution in [2.45, 2.75) is 39.3 Å². The van der Waals surface area contributed by atoms with Gasteiger partial charge in [0.15, 0.2) is 11.0 Å². The second-order valence-electron chi connectivity index (χ2n) is 10.7. The van der Waals surface area contributed by atoms with Gasteiger partial charge in [0.1, 0.15) is 11.8 Å². The number of aromatic nitrogens is 6. The van der Waals surface area contributed by atoms with Crippen molar-refractivity contribution in [3.05, 3.63) is 70.3 Å². The second kappa shape index (κ2) is 10.0. The molecule has 202 valence electrons. The van der Waals surface area contributed by atoms with Gasteiger partial charge >= 0.3 is 0 Å². The Bertz CT molecular complexity index is 1640. The van der Waals surface area contributed by atoms with Gasteiger partial charge in [-0.1, -0.05) is 23.5 Å². The summed E-state index contributed by atoms with van der Waals surface area (Å²) < 4.78 is 8.74. The van der Waals surface area contributed by atoms with E-state index in [1.807, 2.05) is 48.0 Å². The highest BCUT2D eigenvalue weighted by Gasteiger charge is 2.35.